The molecule has 1 aromatic carbocycles. The third-order valence-corrected chi connectivity index (χ3v) is 4.82. The number of nitrogens with zero attached hydrogens (tertiary/aromatic N) is 2. The molecule has 0 spiro atoms. The number of Topliss-reactive ketones (excluding diaryl/α,β-unsaturated/α-hetero) is 1. The Balaban J connectivity index is 1.69. The minimum atomic E-state index is 0.0258. The molecule has 21 heavy (non-hydrogen) atoms. The summed E-state index contributed by atoms with van der Waals surface area (Å²) in [7, 11) is 0. The maximum Gasteiger partial charge on any atom is 0.195 e. The van der Waals surface area contributed by atoms with Gasteiger partial charge in [-0.2, -0.15) is 0 Å². The molecule has 1 aliphatic rings. The Labute approximate surface area is 129 Å². The van der Waals surface area contributed by atoms with Crippen LogP contribution < -0.4 is 0 Å². The van der Waals surface area contributed by atoms with Crippen molar-refractivity contribution in [1.29, 1.82) is 0 Å². The van der Waals surface area contributed by atoms with Crippen LogP contribution in [-0.2, 0) is 0 Å². The van der Waals surface area contributed by atoms with Gasteiger partial charge < -0.3 is 4.90 Å². The molecule has 2 aromatic rings. The molecule has 1 aromatic heterocycles. The van der Waals surface area contributed by atoms with Gasteiger partial charge in [0, 0.05) is 23.4 Å². The zero-order chi connectivity index (χ0) is 14.7. The number of carbonyl (C=O) groups excluding carboxylic acids is 1. The Hall–Kier alpha value is -1.52. The van der Waals surface area contributed by atoms with Gasteiger partial charge in [-0.3, -0.25) is 4.79 Å². The normalized spacial score (nSPS) is 17.0. The number of aromatic nitrogens is 1. The van der Waals surface area contributed by atoms with Gasteiger partial charge in [0.05, 0.1) is 5.69 Å². The van der Waals surface area contributed by atoms with Gasteiger partial charge in [-0.05, 0) is 25.9 Å². The SMILES string of the molecule is CC(CN1CCCC1)C(=O)c1nc(-c2ccccc2)cs1. The zero-order valence-electron chi connectivity index (χ0n) is 12.3. The minimum Gasteiger partial charge on any atom is -0.303 e. The lowest BCUT2D eigenvalue weighted by Crippen LogP contribution is -2.29. The Kier molecular flexibility index (Phi) is 4.46. The van der Waals surface area contributed by atoms with Crippen LogP contribution in [0.2, 0.25) is 0 Å². The van der Waals surface area contributed by atoms with Crippen LogP contribution >= 0.6 is 11.3 Å². The first-order chi connectivity index (χ1) is 10.2. The average Bonchev–Trinajstić information content (AvgIpc) is 3.18. The molecule has 0 aliphatic carbocycles. The number of likely N-dealkylation sites (tertiary alicyclic amines) is 1. The summed E-state index contributed by atoms with van der Waals surface area (Å²) in [5.74, 6) is 0.201. The molecule has 3 rings (SSSR count). The summed E-state index contributed by atoms with van der Waals surface area (Å²) in [6.45, 7) is 5.14. The molecule has 1 unspecified atom stereocenters. The molecular formula is C17H20N2OS. The maximum atomic E-state index is 12.5. The maximum absolute atomic E-state index is 12.5. The van der Waals surface area contributed by atoms with Crippen molar-refractivity contribution in [2.24, 2.45) is 5.92 Å². The number of carbonyl (C=O) groups is 1. The molecule has 0 saturated carbocycles. The van der Waals surface area contributed by atoms with Gasteiger partial charge >= 0.3 is 0 Å². The van der Waals surface area contributed by atoms with Gasteiger partial charge in [-0.25, -0.2) is 4.98 Å². The highest BCUT2D eigenvalue weighted by atomic mass is 32.1. The van der Waals surface area contributed by atoms with Crippen molar-refractivity contribution in [3.05, 3.63) is 40.7 Å². The summed E-state index contributed by atoms with van der Waals surface area (Å²) >= 11 is 1.46. The molecule has 110 valence electrons. The van der Waals surface area contributed by atoms with Crippen LogP contribution in [0.5, 0.6) is 0 Å². The van der Waals surface area contributed by atoms with Crippen molar-refractivity contribution in [2.45, 2.75) is 19.8 Å². The molecule has 1 fully saturated rings. The first-order valence-electron chi connectivity index (χ1n) is 7.51. The summed E-state index contributed by atoms with van der Waals surface area (Å²) in [5, 5.41) is 2.62. The Morgan fingerprint density at radius 1 is 1.29 bits per heavy atom. The Bertz CT molecular complexity index is 602. The summed E-state index contributed by atoms with van der Waals surface area (Å²) in [5.41, 5.74) is 1.97. The van der Waals surface area contributed by atoms with Gasteiger partial charge in [-0.1, -0.05) is 37.3 Å². The highest BCUT2D eigenvalue weighted by Crippen LogP contribution is 2.23. The predicted octanol–water partition coefficient (Wildman–Crippen LogP) is 3.72. The highest BCUT2D eigenvalue weighted by Gasteiger charge is 2.23. The highest BCUT2D eigenvalue weighted by molar-refractivity contribution is 7.12. The van der Waals surface area contributed by atoms with E-state index in [2.05, 4.69) is 9.88 Å². The van der Waals surface area contributed by atoms with Crippen LogP contribution in [0.25, 0.3) is 11.3 Å². The standard InChI is InChI=1S/C17H20N2OS/c1-13(11-19-9-5-6-10-19)16(20)17-18-15(12-21-17)14-7-3-2-4-8-14/h2-4,7-8,12-13H,5-6,9-11H2,1H3. The van der Waals surface area contributed by atoms with E-state index in [0.29, 0.717) is 5.01 Å². The van der Waals surface area contributed by atoms with Crippen molar-refractivity contribution in [3.8, 4) is 11.3 Å². The number of thiazole rings is 1. The van der Waals surface area contributed by atoms with E-state index in [9.17, 15) is 4.79 Å². The largest absolute Gasteiger partial charge is 0.303 e. The van der Waals surface area contributed by atoms with Gasteiger partial charge in [0.1, 0.15) is 0 Å². The molecule has 4 heteroatoms. The van der Waals surface area contributed by atoms with Crippen LogP contribution in [0.4, 0.5) is 0 Å². The Morgan fingerprint density at radius 3 is 2.71 bits per heavy atom. The fourth-order valence-corrected chi connectivity index (χ4v) is 3.66. The van der Waals surface area contributed by atoms with E-state index < -0.39 is 0 Å². The van der Waals surface area contributed by atoms with Crippen LogP contribution in [0, 0.1) is 5.92 Å². The van der Waals surface area contributed by atoms with E-state index in [-0.39, 0.29) is 11.7 Å². The number of benzene rings is 1. The smallest absolute Gasteiger partial charge is 0.195 e. The second kappa shape index (κ2) is 6.50. The molecule has 1 saturated heterocycles. The second-order valence-electron chi connectivity index (χ2n) is 5.68. The average molecular weight is 300 g/mol. The molecule has 0 amide bonds. The molecule has 3 nitrogen and oxygen atoms in total. The lowest BCUT2D eigenvalue weighted by molar-refractivity contribution is 0.0902. The van der Waals surface area contributed by atoms with Crippen LogP contribution in [0.1, 0.15) is 29.6 Å². The number of hydrogen-bond donors (Lipinski definition) is 0. The quantitative estimate of drug-likeness (QED) is 0.789. The molecule has 0 bridgehead atoms. The fourth-order valence-electron chi connectivity index (χ4n) is 2.77. The third-order valence-electron chi connectivity index (χ3n) is 3.96. The van der Waals surface area contributed by atoms with Crippen LogP contribution in [0.3, 0.4) is 0 Å². The molecule has 2 heterocycles. The summed E-state index contributed by atoms with van der Waals surface area (Å²) in [6.07, 6.45) is 2.52. The van der Waals surface area contributed by atoms with E-state index >= 15 is 0 Å². The molecule has 0 N–H and O–H groups in total. The summed E-state index contributed by atoms with van der Waals surface area (Å²) < 4.78 is 0. The third kappa shape index (κ3) is 3.39. The van der Waals surface area contributed by atoms with E-state index in [1.807, 2.05) is 42.6 Å². The summed E-state index contributed by atoms with van der Waals surface area (Å²) in [6, 6.07) is 10.0. The van der Waals surface area contributed by atoms with Crippen molar-refractivity contribution in [2.75, 3.05) is 19.6 Å². The van der Waals surface area contributed by atoms with Crippen molar-refractivity contribution < 1.29 is 4.79 Å². The lowest BCUT2D eigenvalue weighted by atomic mass is 10.1. The first-order valence-corrected chi connectivity index (χ1v) is 8.39. The fraction of sp³-hybridized carbons (Fsp3) is 0.412. The number of rotatable bonds is 5. The van der Waals surface area contributed by atoms with E-state index in [1.54, 1.807) is 0 Å². The van der Waals surface area contributed by atoms with Crippen LogP contribution in [0.15, 0.2) is 35.7 Å². The Morgan fingerprint density at radius 2 is 2.00 bits per heavy atom. The van der Waals surface area contributed by atoms with E-state index in [0.717, 1.165) is 30.9 Å². The second-order valence-corrected chi connectivity index (χ2v) is 6.54. The predicted molar refractivity (Wildman–Crippen MR) is 86.7 cm³/mol. The molecule has 1 aliphatic heterocycles. The van der Waals surface area contributed by atoms with Crippen molar-refractivity contribution >= 4 is 17.1 Å². The molecule has 0 radical (unpaired) electrons. The lowest BCUT2D eigenvalue weighted by Gasteiger charge is -2.18. The number of ketones is 1. The van der Waals surface area contributed by atoms with Gasteiger partial charge in [-0.15, -0.1) is 11.3 Å². The van der Waals surface area contributed by atoms with Gasteiger partial charge in [0.2, 0.25) is 0 Å². The molecule has 1 atom stereocenters. The van der Waals surface area contributed by atoms with Gasteiger partial charge in [0.25, 0.3) is 0 Å². The topological polar surface area (TPSA) is 33.2 Å². The monoisotopic (exact) mass is 300 g/mol. The van der Waals surface area contributed by atoms with Crippen LogP contribution in [-0.4, -0.2) is 35.3 Å². The van der Waals surface area contributed by atoms with Gasteiger partial charge in [0.15, 0.2) is 10.8 Å². The van der Waals surface area contributed by atoms with E-state index in [1.165, 1.54) is 24.2 Å². The zero-order valence-corrected chi connectivity index (χ0v) is 13.1. The van der Waals surface area contributed by atoms with E-state index in [4.69, 9.17) is 0 Å². The first kappa shape index (κ1) is 14.4. The molecular weight excluding hydrogens is 280 g/mol. The van der Waals surface area contributed by atoms with Crippen molar-refractivity contribution in [1.82, 2.24) is 9.88 Å². The van der Waals surface area contributed by atoms with Crippen molar-refractivity contribution in [3.63, 3.8) is 0 Å². The number of hydrogen-bond acceptors (Lipinski definition) is 4. The summed E-state index contributed by atoms with van der Waals surface area (Å²) in [4.78, 5) is 19.4. The minimum absolute atomic E-state index is 0.0258.